The quantitative estimate of drug-likeness (QED) is 0.276. The molecule has 1 aliphatic carbocycles. The topological polar surface area (TPSA) is 12.4 Å². The number of benzene rings is 1. The second-order valence-corrected chi connectivity index (χ2v) is 11.4. The van der Waals surface area contributed by atoms with Gasteiger partial charge in [-0.25, -0.2) is 4.39 Å². The molecular weight excluding hydrogens is 441 g/mol. The molecule has 0 spiro atoms. The number of alkyl halides is 1. The fraction of sp³-hybridized carbons (Fsp3) is 0.441. The summed E-state index contributed by atoms with van der Waals surface area (Å²) < 4.78 is 14.5. The highest BCUT2D eigenvalue weighted by Crippen LogP contribution is 2.44. The second-order valence-electron chi connectivity index (χ2n) is 11.4. The van der Waals surface area contributed by atoms with Crippen molar-refractivity contribution in [3.63, 3.8) is 0 Å². The first-order valence-electron chi connectivity index (χ1n) is 13.3. The molecule has 1 unspecified atom stereocenters. The van der Waals surface area contributed by atoms with Crippen LogP contribution in [0.1, 0.15) is 90.3 Å². The highest BCUT2D eigenvalue weighted by atomic mass is 19.1. The number of allylic oxidation sites excluding steroid dienone is 9. The molecule has 1 fully saturated rings. The van der Waals surface area contributed by atoms with Gasteiger partial charge in [0.15, 0.2) is 0 Å². The second kappa shape index (κ2) is 11.1. The molecule has 1 aliphatic heterocycles. The van der Waals surface area contributed by atoms with E-state index in [1.807, 2.05) is 37.6 Å². The van der Waals surface area contributed by atoms with E-state index in [9.17, 15) is 4.39 Å². The average Bonchev–Trinajstić information content (AvgIpc) is 3.47. The molecule has 0 bridgehead atoms. The largest absolute Gasteiger partial charge is 0.269 e. The number of aryl methyl sites for hydroxylation is 1. The molecular formula is C34H44FN. The highest BCUT2D eigenvalue weighted by molar-refractivity contribution is 5.75. The van der Waals surface area contributed by atoms with E-state index in [1.165, 1.54) is 52.7 Å². The molecule has 0 aromatic heterocycles. The number of aliphatic imine (C=N–C) groups is 1. The van der Waals surface area contributed by atoms with Crippen LogP contribution >= 0.6 is 0 Å². The molecule has 2 aliphatic rings. The molecule has 1 saturated carbocycles. The standard InChI is InChI=1S/C34H44FN/c1-10-28(17-12-25(5)33(7,8)35)34(9,30-19-20-36-22-30)29-16-11-24(4)32(21-29)26(6)31(23(2)3)18-15-27-13-14-27/h10-12,16-17,20-22,27H,1-2,13-15,18-19H2,3-9H3/b25-12+,28-17+,31-26-. The first-order valence-corrected chi connectivity index (χ1v) is 13.3. The van der Waals surface area contributed by atoms with Gasteiger partial charge in [0.25, 0.3) is 0 Å². The zero-order valence-electron chi connectivity index (χ0n) is 23.5. The van der Waals surface area contributed by atoms with Crippen molar-refractivity contribution in [2.45, 2.75) is 91.7 Å². The Hall–Kier alpha value is -2.74. The predicted molar refractivity (Wildman–Crippen MR) is 156 cm³/mol. The van der Waals surface area contributed by atoms with Crippen molar-refractivity contribution in [1.82, 2.24) is 0 Å². The van der Waals surface area contributed by atoms with Crippen LogP contribution in [-0.4, -0.2) is 11.9 Å². The number of hydrogen-bond acceptors (Lipinski definition) is 1. The van der Waals surface area contributed by atoms with Crippen molar-refractivity contribution < 1.29 is 4.39 Å². The van der Waals surface area contributed by atoms with Crippen molar-refractivity contribution in [2.75, 3.05) is 0 Å². The maximum absolute atomic E-state index is 14.5. The molecule has 192 valence electrons. The molecule has 0 N–H and O–H groups in total. The third-order valence-electron chi connectivity index (χ3n) is 8.22. The van der Waals surface area contributed by atoms with Crippen LogP contribution in [0.5, 0.6) is 0 Å². The summed E-state index contributed by atoms with van der Waals surface area (Å²) in [4.78, 5) is 4.44. The molecule has 3 rings (SSSR count). The van der Waals surface area contributed by atoms with Gasteiger partial charge in [0.05, 0.1) is 0 Å². The summed E-state index contributed by atoms with van der Waals surface area (Å²) in [5.41, 5.74) is 8.72. The molecule has 0 radical (unpaired) electrons. The Kier molecular flexibility index (Phi) is 8.59. The van der Waals surface area contributed by atoms with E-state index in [0.29, 0.717) is 5.57 Å². The summed E-state index contributed by atoms with van der Waals surface area (Å²) in [6.07, 6.45) is 15.6. The van der Waals surface area contributed by atoms with Gasteiger partial charge in [0.2, 0.25) is 0 Å². The lowest BCUT2D eigenvalue weighted by molar-refractivity contribution is 0.268. The zero-order valence-corrected chi connectivity index (χ0v) is 23.5. The highest BCUT2D eigenvalue weighted by Gasteiger charge is 2.35. The van der Waals surface area contributed by atoms with E-state index < -0.39 is 11.1 Å². The van der Waals surface area contributed by atoms with Gasteiger partial charge in [0, 0.05) is 24.3 Å². The Morgan fingerprint density at radius 2 is 1.83 bits per heavy atom. The Labute approximate surface area is 219 Å². The maximum atomic E-state index is 14.5. The molecule has 0 saturated heterocycles. The van der Waals surface area contributed by atoms with E-state index in [2.05, 4.69) is 64.0 Å². The minimum absolute atomic E-state index is 0.435. The van der Waals surface area contributed by atoms with Gasteiger partial charge in [0.1, 0.15) is 5.67 Å². The van der Waals surface area contributed by atoms with Gasteiger partial charge in [-0.1, -0.05) is 61.9 Å². The van der Waals surface area contributed by atoms with Crippen LogP contribution in [-0.2, 0) is 5.41 Å². The first kappa shape index (κ1) is 27.8. The normalized spacial score (nSPS) is 19.1. The van der Waals surface area contributed by atoms with Crippen LogP contribution in [0, 0.1) is 12.8 Å². The number of halogens is 1. The van der Waals surface area contributed by atoms with Gasteiger partial charge in [-0.05, 0) is 118 Å². The summed E-state index contributed by atoms with van der Waals surface area (Å²) in [7, 11) is 0. The van der Waals surface area contributed by atoms with E-state index in [1.54, 1.807) is 13.8 Å². The predicted octanol–water partition coefficient (Wildman–Crippen LogP) is 9.96. The van der Waals surface area contributed by atoms with Crippen molar-refractivity contribution >= 4 is 11.8 Å². The van der Waals surface area contributed by atoms with Crippen LogP contribution in [0.15, 0.2) is 88.6 Å². The lowest BCUT2D eigenvalue weighted by atomic mass is 9.68. The Morgan fingerprint density at radius 1 is 1.14 bits per heavy atom. The van der Waals surface area contributed by atoms with Gasteiger partial charge in [-0.2, -0.15) is 0 Å². The Bertz CT molecular complexity index is 1170. The van der Waals surface area contributed by atoms with Crippen LogP contribution in [0.4, 0.5) is 4.39 Å². The molecule has 1 nitrogen and oxygen atoms in total. The van der Waals surface area contributed by atoms with Crippen molar-refractivity contribution in [3.05, 3.63) is 100 Å². The lowest BCUT2D eigenvalue weighted by Gasteiger charge is -2.34. The zero-order chi connectivity index (χ0) is 26.7. The average molecular weight is 486 g/mol. The molecule has 1 aromatic rings. The third kappa shape index (κ3) is 6.14. The summed E-state index contributed by atoms with van der Waals surface area (Å²) in [5.74, 6) is 0.892. The third-order valence-corrected chi connectivity index (χ3v) is 8.22. The molecule has 1 heterocycles. The van der Waals surface area contributed by atoms with E-state index >= 15 is 0 Å². The molecule has 36 heavy (non-hydrogen) atoms. The Balaban J connectivity index is 2.16. The lowest BCUT2D eigenvalue weighted by Crippen LogP contribution is -2.27. The van der Waals surface area contributed by atoms with Crippen molar-refractivity contribution in [3.8, 4) is 0 Å². The van der Waals surface area contributed by atoms with Gasteiger partial charge in [-0.3, -0.25) is 4.99 Å². The summed E-state index contributed by atoms with van der Waals surface area (Å²) in [5, 5.41) is 0. The van der Waals surface area contributed by atoms with Crippen LogP contribution in [0.2, 0.25) is 0 Å². The minimum Gasteiger partial charge on any atom is -0.269 e. The van der Waals surface area contributed by atoms with Crippen molar-refractivity contribution in [2.24, 2.45) is 10.9 Å². The van der Waals surface area contributed by atoms with E-state index in [4.69, 9.17) is 0 Å². The number of rotatable bonds is 11. The maximum Gasteiger partial charge on any atom is 0.126 e. The van der Waals surface area contributed by atoms with Gasteiger partial charge >= 0.3 is 0 Å². The molecule has 1 aromatic carbocycles. The van der Waals surface area contributed by atoms with Crippen LogP contribution in [0.3, 0.4) is 0 Å². The number of nitrogens with zero attached hydrogens (tertiary/aromatic N) is 1. The first-order chi connectivity index (χ1) is 16.9. The molecule has 2 heteroatoms. The fourth-order valence-electron chi connectivity index (χ4n) is 5.04. The van der Waals surface area contributed by atoms with E-state index in [-0.39, 0.29) is 0 Å². The SMILES string of the molecule is C=C/C(=C\C=C(/C)C(C)(C)F)C(C)(C1=CN=CC1)c1ccc(C)c(/C(C)=C(/CCC2CC2)C(=C)C)c1. The fourth-order valence-corrected chi connectivity index (χ4v) is 5.04. The van der Waals surface area contributed by atoms with Gasteiger partial charge in [-0.15, -0.1) is 0 Å². The Morgan fingerprint density at radius 3 is 2.36 bits per heavy atom. The van der Waals surface area contributed by atoms with Crippen LogP contribution in [0.25, 0.3) is 5.57 Å². The monoisotopic (exact) mass is 485 g/mol. The van der Waals surface area contributed by atoms with E-state index in [0.717, 1.165) is 29.9 Å². The minimum atomic E-state index is -1.37. The van der Waals surface area contributed by atoms with Crippen LogP contribution < -0.4 is 0 Å². The summed E-state index contributed by atoms with van der Waals surface area (Å²) in [6, 6.07) is 6.80. The summed E-state index contributed by atoms with van der Waals surface area (Å²) in [6.45, 7) is 22.3. The molecule has 0 amide bonds. The molecule has 1 atom stereocenters. The summed E-state index contributed by atoms with van der Waals surface area (Å²) >= 11 is 0. The number of hydrogen-bond donors (Lipinski definition) is 0. The smallest absolute Gasteiger partial charge is 0.126 e. The van der Waals surface area contributed by atoms with Gasteiger partial charge < -0.3 is 0 Å². The van der Waals surface area contributed by atoms with Crippen molar-refractivity contribution in [1.29, 1.82) is 0 Å².